The van der Waals surface area contributed by atoms with Crippen LogP contribution in [-0.4, -0.2) is 32.1 Å². The summed E-state index contributed by atoms with van der Waals surface area (Å²) in [7, 11) is 1.68. The SMILES string of the molecule is COc1ccc(N2CCC(NC(=O)[C@@H]3C[C@@H]3C)CC2)cc1. The normalized spacial score (nSPS) is 25.5. The van der Waals surface area contributed by atoms with Crippen LogP contribution in [0.4, 0.5) is 5.69 Å². The predicted molar refractivity (Wildman–Crippen MR) is 83.6 cm³/mol. The summed E-state index contributed by atoms with van der Waals surface area (Å²) < 4.78 is 5.19. The third kappa shape index (κ3) is 3.31. The van der Waals surface area contributed by atoms with E-state index >= 15 is 0 Å². The van der Waals surface area contributed by atoms with Gasteiger partial charge in [0.1, 0.15) is 5.75 Å². The average Bonchev–Trinajstić information content (AvgIpc) is 3.25. The topological polar surface area (TPSA) is 41.6 Å². The second-order valence-corrected chi connectivity index (χ2v) is 6.29. The Balaban J connectivity index is 1.49. The third-order valence-corrected chi connectivity index (χ3v) is 4.73. The Labute approximate surface area is 126 Å². The molecule has 1 saturated heterocycles. The highest BCUT2D eigenvalue weighted by atomic mass is 16.5. The van der Waals surface area contributed by atoms with Crippen LogP contribution in [-0.2, 0) is 4.79 Å². The van der Waals surface area contributed by atoms with Gasteiger partial charge in [-0.15, -0.1) is 0 Å². The van der Waals surface area contributed by atoms with Crippen LogP contribution in [0.15, 0.2) is 24.3 Å². The fourth-order valence-electron chi connectivity index (χ4n) is 3.07. The molecule has 0 spiro atoms. The minimum atomic E-state index is 0.269. The van der Waals surface area contributed by atoms with Crippen molar-refractivity contribution in [3.63, 3.8) is 0 Å². The molecule has 1 aliphatic heterocycles. The summed E-state index contributed by atoms with van der Waals surface area (Å²) in [6.45, 7) is 4.14. The molecular weight excluding hydrogens is 264 g/mol. The Morgan fingerprint density at radius 2 is 1.86 bits per heavy atom. The number of carbonyl (C=O) groups excluding carboxylic acids is 1. The van der Waals surface area contributed by atoms with Gasteiger partial charge in [-0.05, 0) is 49.4 Å². The summed E-state index contributed by atoms with van der Waals surface area (Å²) in [5.41, 5.74) is 1.23. The minimum absolute atomic E-state index is 0.269. The van der Waals surface area contributed by atoms with E-state index in [1.807, 2.05) is 12.1 Å². The van der Waals surface area contributed by atoms with Gasteiger partial charge in [0, 0.05) is 30.7 Å². The highest BCUT2D eigenvalue weighted by molar-refractivity contribution is 5.81. The number of nitrogens with one attached hydrogen (secondary N) is 1. The molecule has 0 radical (unpaired) electrons. The molecule has 1 heterocycles. The number of nitrogens with zero attached hydrogens (tertiary/aromatic N) is 1. The van der Waals surface area contributed by atoms with Crippen molar-refractivity contribution in [1.29, 1.82) is 0 Å². The quantitative estimate of drug-likeness (QED) is 0.925. The lowest BCUT2D eigenvalue weighted by molar-refractivity contribution is -0.123. The summed E-state index contributed by atoms with van der Waals surface area (Å²) in [5.74, 6) is 2.03. The maximum atomic E-state index is 12.0. The van der Waals surface area contributed by atoms with Crippen LogP contribution in [0.2, 0.25) is 0 Å². The summed E-state index contributed by atoms with van der Waals surface area (Å²) in [5, 5.41) is 3.22. The smallest absolute Gasteiger partial charge is 0.223 e. The van der Waals surface area contributed by atoms with Crippen LogP contribution in [0.3, 0.4) is 0 Å². The lowest BCUT2D eigenvalue weighted by Crippen LogP contribution is -2.45. The zero-order chi connectivity index (χ0) is 14.8. The first-order chi connectivity index (χ1) is 10.2. The monoisotopic (exact) mass is 288 g/mol. The van der Waals surface area contributed by atoms with Gasteiger partial charge in [-0.25, -0.2) is 0 Å². The zero-order valence-corrected chi connectivity index (χ0v) is 12.8. The van der Waals surface area contributed by atoms with Crippen molar-refractivity contribution in [2.24, 2.45) is 11.8 Å². The fraction of sp³-hybridized carbons (Fsp3) is 0.588. The average molecular weight is 288 g/mol. The Morgan fingerprint density at radius 1 is 1.24 bits per heavy atom. The first kappa shape index (κ1) is 14.2. The fourth-order valence-corrected chi connectivity index (χ4v) is 3.07. The lowest BCUT2D eigenvalue weighted by atomic mass is 10.0. The lowest BCUT2D eigenvalue weighted by Gasteiger charge is -2.34. The molecule has 0 bridgehead atoms. The third-order valence-electron chi connectivity index (χ3n) is 4.73. The van der Waals surface area contributed by atoms with Gasteiger partial charge < -0.3 is 15.0 Å². The van der Waals surface area contributed by atoms with Crippen molar-refractivity contribution < 1.29 is 9.53 Å². The van der Waals surface area contributed by atoms with Crippen molar-refractivity contribution in [3.05, 3.63) is 24.3 Å². The molecular formula is C17H24N2O2. The molecule has 1 saturated carbocycles. The van der Waals surface area contributed by atoms with Crippen molar-refractivity contribution in [2.75, 3.05) is 25.1 Å². The maximum Gasteiger partial charge on any atom is 0.223 e. The van der Waals surface area contributed by atoms with Crippen LogP contribution in [0.5, 0.6) is 5.75 Å². The first-order valence-corrected chi connectivity index (χ1v) is 7.86. The molecule has 4 heteroatoms. The maximum absolute atomic E-state index is 12.0. The summed E-state index contributed by atoms with van der Waals surface area (Å²) >= 11 is 0. The van der Waals surface area contributed by atoms with Crippen LogP contribution in [0, 0.1) is 11.8 Å². The van der Waals surface area contributed by atoms with Gasteiger partial charge in [0.2, 0.25) is 5.91 Å². The number of ether oxygens (including phenoxy) is 1. The van der Waals surface area contributed by atoms with Gasteiger partial charge in [0.25, 0.3) is 0 Å². The number of anilines is 1. The molecule has 2 aliphatic rings. The second kappa shape index (κ2) is 5.96. The van der Waals surface area contributed by atoms with E-state index in [-0.39, 0.29) is 11.8 Å². The van der Waals surface area contributed by atoms with E-state index < -0.39 is 0 Å². The van der Waals surface area contributed by atoms with Crippen LogP contribution < -0.4 is 15.0 Å². The zero-order valence-electron chi connectivity index (χ0n) is 12.8. The van der Waals surface area contributed by atoms with E-state index in [4.69, 9.17) is 4.74 Å². The molecule has 3 rings (SSSR count). The molecule has 1 amide bonds. The van der Waals surface area contributed by atoms with Crippen LogP contribution in [0.25, 0.3) is 0 Å². The molecule has 1 N–H and O–H groups in total. The Hall–Kier alpha value is -1.71. The summed E-state index contributed by atoms with van der Waals surface area (Å²) in [6, 6.07) is 8.54. The molecule has 114 valence electrons. The summed E-state index contributed by atoms with van der Waals surface area (Å²) in [4.78, 5) is 14.3. The van der Waals surface area contributed by atoms with Gasteiger partial charge >= 0.3 is 0 Å². The number of methoxy groups -OCH3 is 1. The Kier molecular flexibility index (Phi) is 4.04. The van der Waals surface area contributed by atoms with Gasteiger partial charge in [0.05, 0.1) is 7.11 Å². The predicted octanol–water partition coefficient (Wildman–Crippen LogP) is 2.44. The number of carbonyl (C=O) groups is 1. The summed E-state index contributed by atoms with van der Waals surface area (Å²) in [6.07, 6.45) is 3.12. The number of amides is 1. The van der Waals surface area contributed by atoms with E-state index in [1.165, 1.54) is 5.69 Å². The number of hydrogen-bond donors (Lipinski definition) is 1. The van der Waals surface area contributed by atoms with E-state index in [9.17, 15) is 4.79 Å². The van der Waals surface area contributed by atoms with Crippen LogP contribution >= 0.6 is 0 Å². The Morgan fingerprint density at radius 3 is 2.38 bits per heavy atom. The van der Waals surface area contributed by atoms with Gasteiger partial charge in [-0.1, -0.05) is 6.92 Å². The standard InChI is InChI=1S/C17H24N2O2/c1-12-11-16(12)17(20)18-13-7-9-19(10-8-13)14-3-5-15(21-2)6-4-14/h3-6,12-13,16H,7-11H2,1-2H3,(H,18,20)/t12-,16+/m0/s1. The minimum Gasteiger partial charge on any atom is -0.497 e. The van der Waals surface area contributed by atoms with E-state index in [2.05, 4.69) is 29.3 Å². The molecule has 0 aromatic heterocycles. The number of hydrogen-bond acceptors (Lipinski definition) is 3. The van der Waals surface area contributed by atoms with Crippen molar-refractivity contribution >= 4 is 11.6 Å². The van der Waals surface area contributed by atoms with Gasteiger partial charge in [-0.2, -0.15) is 0 Å². The van der Waals surface area contributed by atoms with Gasteiger partial charge in [0.15, 0.2) is 0 Å². The number of benzene rings is 1. The molecule has 1 aromatic carbocycles. The molecule has 1 aliphatic carbocycles. The largest absolute Gasteiger partial charge is 0.497 e. The number of piperidine rings is 1. The van der Waals surface area contributed by atoms with E-state index in [1.54, 1.807) is 7.11 Å². The second-order valence-electron chi connectivity index (χ2n) is 6.29. The van der Waals surface area contributed by atoms with Crippen molar-refractivity contribution in [2.45, 2.75) is 32.2 Å². The highest BCUT2D eigenvalue weighted by Crippen LogP contribution is 2.38. The molecule has 4 nitrogen and oxygen atoms in total. The molecule has 1 aromatic rings. The van der Waals surface area contributed by atoms with E-state index in [0.29, 0.717) is 12.0 Å². The first-order valence-electron chi connectivity index (χ1n) is 7.86. The molecule has 2 fully saturated rings. The van der Waals surface area contributed by atoms with Gasteiger partial charge in [-0.3, -0.25) is 4.79 Å². The van der Waals surface area contributed by atoms with Crippen molar-refractivity contribution in [3.8, 4) is 5.75 Å². The highest BCUT2D eigenvalue weighted by Gasteiger charge is 2.39. The van der Waals surface area contributed by atoms with Crippen LogP contribution in [0.1, 0.15) is 26.2 Å². The Bertz CT molecular complexity index is 492. The number of rotatable bonds is 4. The molecule has 21 heavy (non-hydrogen) atoms. The molecule has 0 unspecified atom stereocenters. The van der Waals surface area contributed by atoms with Crippen molar-refractivity contribution in [1.82, 2.24) is 5.32 Å². The van der Waals surface area contributed by atoms with E-state index in [0.717, 1.165) is 38.1 Å². The molecule has 2 atom stereocenters.